The molecule has 2 rings (SSSR count). The van der Waals surface area contributed by atoms with E-state index in [1.165, 1.54) is 0 Å². The molecule has 0 radical (unpaired) electrons. The van der Waals surface area contributed by atoms with Crippen molar-refractivity contribution in [3.05, 3.63) is 23.7 Å². The number of carbonyl (C=O) groups excluding carboxylic acids is 1. The number of aliphatic carboxylic acids is 1. The molecule has 0 saturated heterocycles. The van der Waals surface area contributed by atoms with Crippen LogP contribution in [-0.2, 0) is 11.3 Å². The predicted molar refractivity (Wildman–Crippen MR) is 62.8 cm³/mol. The summed E-state index contributed by atoms with van der Waals surface area (Å²) in [6.45, 7) is 0.248. The van der Waals surface area contributed by atoms with Gasteiger partial charge in [-0.25, -0.2) is 0 Å². The second-order valence-corrected chi connectivity index (χ2v) is 4.49. The molecule has 6 heteroatoms. The van der Waals surface area contributed by atoms with E-state index in [0.717, 1.165) is 0 Å². The molecule has 4 N–H and O–H groups in total. The molecule has 1 amide bonds. The minimum Gasteiger partial charge on any atom is -0.481 e. The van der Waals surface area contributed by atoms with E-state index in [1.54, 1.807) is 12.1 Å². The van der Waals surface area contributed by atoms with Crippen LogP contribution < -0.4 is 11.1 Å². The third kappa shape index (κ3) is 2.70. The van der Waals surface area contributed by atoms with Gasteiger partial charge in [0.25, 0.3) is 5.91 Å². The van der Waals surface area contributed by atoms with Gasteiger partial charge in [0.2, 0.25) is 0 Å². The van der Waals surface area contributed by atoms with E-state index in [1.807, 2.05) is 0 Å². The number of carboxylic acid groups (broad SMARTS) is 1. The first-order chi connectivity index (χ1) is 8.60. The van der Waals surface area contributed by atoms with Crippen LogP contribution in [0.2, 0.25) is 0 Å². The number of nitrogens with two attached hydrogens (primary N) is 1. The molecule has 0 bridgehead atoms. The Bertz CT molecular complexity index is 455. The lowest BCUT2D eigenvalue weighted by Crippen LogP contribution is -2.33. The van der Waals surface area contributed by atoms with E-state index >= 15 is 0 Å². The summed E-state index contributed by atoms with van der Waals surface area (Å²) in [5.41, 5.74) is 5.39. The molecule has 6 nitrogen and oxygen atoms in total. The zero-order chi connectivity index (χ0) is 13.1. The molecule has 18 heavy (non-hydrogen) atoms. The SMILES string of the molecule is NCc1ccc(C(=O)NC2CCC(C(=O)O)C2)o1. The molecule has 1 aliphatic rings. The Morgan fingerprint density at radius 3 is 2.78 bits per heavy atom. The summed E-state index contributed by atoms with van der Waals surface area (Å²) in [6.07, 6.45) is 1.77. The Balaban J connectivity index is 1.90. The van der Waals surface area contributed by atoms with Gasteiger partial charge in [0.05, 0.1) is 12.5 Å². The van der Waals surface area contributed by atoms with Crippen LogP contribution >= 0.6 is 0 Å². The number of nitrogens with one attached hydrogen (secondary N) is 1. The van der Waals surface area contributed by atoms with E-state index in [9.17, 15) is 9.59 Å². The molecule has 1 aliphatic carbocycles. The molecule has 1 aromatic rings. The summed E-state index contributed by atoms with van der Waals surface area (Å²) < 4.78 is 5.23. The van der Waals surface area contributed by atoms with E-state index in [4.69, 9.17) is 15.3 Å². The number of rotatable bonds is 4. The van der Waals surface area contributed by atoms with Crippen molar-refractivity contribution in [2.24, 2.45) is 11.7 Å². The number of carboxylic acids is 1. The number of hydrogen-bond donors (Lipinski definition) is 3. The van der Waals surface area contributed by atoms with Crippen molar-refractivity contribution in [1.82, 2.24) is 5.32 Å². The molecule has 1 heterocycles. The van der Waals surface area contributed by atoms with E-state index in [-0.39, 0.29) is 30.2 Å². The first-order valence-corrected chi connectivity index (χ1v) is 5.92. The van der Waals surface area contributed by atoms with Crippen molar-refractivity contribution in [1.29, 1.82) is 0 Å². The van der Waals surface area contributed by atoms with Crippen LogP contribution in [0.4, 0.5) is 0 Å². The fraction of sp³-hybridized carbons (Fsp3) is 0.500. The van der Waals surface area contributed by atoms with E-state index in [2.05, 4.69) is 5.32 Å². The van der Waals surface area contributed by atoms with Crippen LogP contribution in [0.3, 0.4) is 0 Å². The fourth-order valence-electron chi connectivity index (χ4n) is 2.20. The Morgan fingerprint density at radius 1 is 1.44 bits per heavy atom. The summed E-state index contributed by atoms with van der Waals surface area (Å²) in [4.78, 5) is 22.6. The van der Waals surface area contributed by atoms with Crippen molar-refractivity contribution in [3.8, 4) is 0 Å². The molecule has 0 aliphatic heterocycles. The summed E-state index contributed by atoms with van der Waals surface area (Å²) in [5, 5.41) is 11.7. The van der Waals surface area contributed by atoms with Crippen LogP contribution in [0.15, 0.2) is 16.5 Å². The molecule has 2 atom stereocenters. The van der Waals surface area contributed by atoms with Crippen LogP contribution in [-0.4, -0.2) is 23.0 Å². The average Bonchev–Trinajstić information content (AvgIpc) is 2.96. The number of hydrogen-bond acceptors (Lipinski definition) is 4. The fourth-order valence-corrected chi connectivity index (χ4v) is 2.20. The van der Waals surface area contributed by atoms with Crippen molar-refractivity contribution < 1.29 is 19.1 Å². The first kappa shape index (κ1) is 12.6. The van der Waals surface area contributed by atoms with Gasteiger partial charge in [0.1, 0.15) is 5.76 Å². The summed E-state index contributed by atoms with van der Waals surface area (Å²) in [5.74, 6) is -0.698. The van der Waals surface area contributed by atoms with Gasteiger partial charge in [0, 0.05) is 6.04 Å². The lowest BCUT2D eigenvalue weighted by atomic mass is 10.1. The van der Waals surface area contributed by atoms with Gasteiger partial charge in [0.15, 0.2) is 5.76 Å². The summed E-state index contributed by atoms with van der Waals surface area (Å²) in [7, 11) is 0. The highest BCUT2D eigenvalue weighted by molar-refractivity contribution is 5.91. The molecular formula is C12H16N2O4. The van der Waals surface area contributed by atoms with Gasteiger partial charge in [-0.15, -0.1) is 0 Å². The molecule has 1 fully saturated rings. The minimum atomic E-state index is -0.796. The van der Waals surface area contributed by atoms with Crippen molar-refractivity contribution in [2.45, 2.75) is 31.8 Å². The smallest absolute Gasteiger partial charge is 0.306 e. The molecule has 0 spiro atoms. The Kier molecular flexibility index (Phi) is 3.66. The van der Waals surface area contributed by atoms with Crippen molar-refractivity contribution in [2.75, 3.05) is 0 Å². The third-order valence-corrected chi connectivity index (χ3v) is 3.20. The standard InChI is InChI=1S/C12H16N2O4/c13-6-9-3-4-10(18-9)11(15)14-8-2-1-7(5-8)12(16)17/h3-4,7-8H,1-2,5-6,13H2,(H,14,15)(H,16,17). The molecule has 1 saturated carbocycles. The van der Waals surface area contributed by atoms with Crippen molar-refractivity contribution in [3.63, 3.8) is 0 Å². The van der Waals surface area contributed by atoms with E-state index in [0.29, 0.717) is 25.0 Å². The van der Waals surface area contributed by atoms with Gasteiger partial charge in [-0.2, -0.15) is 0 Å². The molecule has 1 aromatic heterocycles. The lowest BCUT2D eigenvalue weighted by Gasteiger charge is -2.10. The highest BCUT2D eigenvalue weighted by atomic mass is 16.4. The maximum atomic E-state index is 11.8. The molecule has 98 valence electrons. The van der Waals surface area contributed by atoms with E-state index < -0.39 is 5.97 Å². The van der Waals surface area contributed by atoms with Crippen LogP contribution in [0.25, 0.3) is 0 Å². The Hall–Kier alpha value is -1.82. The van der Waals surface area contributed by atoms with Gasteiger partial charge >= 0.3 is 5.97 Å². The van der Waals surface area contributed by atoms with Crippen LogP contribution in [0, 0.1) is 5.92 Å². The summed E-state index contributed by atoms with van der Waals surface area (Å²) >= 11 is 0. The number of furan rings is 1. The molecule has 2 unspecified atom stereocenters. The quantitative estimate of drug-likeness (QED) is 0.732. The lowest BCUT2D eigenvalue weighted by molar-refractivity contribution is -0.141. The van der Waals surface area contributed by atoms with Crippen LogP contribution in [0.5, 0.6) is 0 Å². The van der Waals surface area contributed by atoms with Crippen molar-refractivity contribution >= 4 is 11.9 Å². The Morgan fingerprint density at radius 2 is 2.22 bits per heavy atom. The van der Waals surface area contributed by atoms with Crippen LogP contribution in [0.1, 0.15) is 35.6 Å². The zero-order valence-corrected chi connectivity index (χ0v) is 9.89. The molecule has 0 aromatic carbocycles. The normalized spacial score (nSPS) is 22.9. The largest absolute Gasteiger partial charge is 0.481 e. The maximum absolute atomic E-state index is 11.8. The number of amides is 1. The highest BCUT2D eigenvalue weighted by Gasteiger charge is 2.31. The second-order valence-electron chi connectivity index (χ2n) is 4.49. The maximum Gasteiger partial charge on any atom is 0.306 e. The second kappa shape index (κ2) is 5.22. The zero-order valence-electron chi connectivity index (χ0n) is 9.89. The predicted octanol–water partition coefficient (Wildman–Crippen LogP) is 0.721. The average molecular weight is 252 g/mol. The van der Waals surface area contributed by atoms with Gasteiger partial charge in [-0.05, 0) is 31.4 Å². The topological polar surface area (TPSA) is 106 Å². The minimum absolute atomic E-state index is 0.0926. The summed E-state index contributed by atoms with van der Waals surface area (Å²) in [6, 6.07) is 3.13. The first-order valence-electron chi connectivity index (χ1n) is 5.92. The van der Waals surface area contributed by atoms with Gasteiger partial charge in [-0.3, -0.25) is 9.59 Å². The van der Waals surface area contributed by atoms with Gasteiger partial charge < -0.3 is 20.6 Å². The Labute approximate surface area is 104 Å². The van der Waals surface area contributed by atoms with Gasteiger partial charge in [-0.1, -0.05) is 0 Å². The molecular weight excluding hydrogens is 236 g/mol. The monoisotopic (exact) mass is 252 g/mol. The number of carbonyl (C=O) groups is 2. The third-order valence-electron chi connectivity index (χ3n) is 3.20. The highest BCUT2D eigenvalue weighted by Crippen LogP contribution is 2.25.